The Bertz CT molecular complexity index is 496. The standard InChI is InChI=1S/C15H22ClN3O2/c16-11-5-6-14(13(17)8-11)18-15(21)9-19-7-3-1-2-4-12(19)10-20/h5-6,8,12,20H,1-4,7,9-10,17H2,(H,18,21). The quantitative estimate of drug-likeness (QED) is 0.744. The fourth-order valence-corrected chi connectivity index (χ4v) is 2.85. The molecule has 1 aliphatic heterocycles. The summed E-state index contributed by atoms with van der Waals surface area (Å²) in [6.45, 7) is 1.21. The maximum absolute atomic E-state index is 12.2. The predicted molar refractivity (Wildman–Crippen MR) is 85.4 cm³/mol. The largest absolute Gasteiger partial charge is 0.397 e. The second kappa shape index (κ2) is 7.64. The molecule has 1 fully saturated rings. The van der Waals surface area contributed by atoms with Gasteiger partial charge in [-0.05, 0) is 37.6 Å². The lowest BCUT2D eigenvalue weighted by atomic mass is 10.1. The predicted octanol–water partition coefficient (Wildman–Crippen LogP) is 2.10. The molecule has 0 aliphatic carbocycles. The normalized spacial score (nSPS) is 20.0. The van der Waals surface area contributed by atoms with Crippen LogP contribution in [-0.4, -0.2) is 41.7 Å². The van der Waals surface area contributed by atoms with Gasteiger partial charge in [-0.25, -0.2) is 0 Å². The molecule has 0 bridgehead atoms. The molecule has 1 aromatic carbocycles. The van der Waals surface area contributed by atoms with Crippen LogP contribution in [0.2, 0.25) is 5.02 Å². The summed E-state index contributed by atoms with van der Waals surface area (Å²) < 4.78 is 0. The highest BCUT2D eigenvalue weighted by Crippen LogP contribution is 2.23. The average Bonchev–Trinajstić information content (AvgIpc) is 2.67. The number of hydrogen-bond acceptors (Lipinski definition) is 4. The van der Waals surface area contributed by atoms with Gasteiger partial charge in [0.2, 0.25) is 5.91 Å². The van der Waals surface area contributed by atoms with E-state index in [0.717, 1.165) is 32.2 Å². The molecule has 0 radical (unpaired) electrons. The molecule has 2 rings (SSSR count). The second-order valence-corrected chi connectivity index (χ2v) is 5.87. The second-order valence-electron chi connectivity index (χ2n) is 5.44. The van der Waals surface area contributed by atoms with Gasteiger partial charge in [-0.2, -0.15) is 0 Å². The fraction of sp³-hybridized carbons (Fsp3) is 0.533. The minimum Gasteiger partial charge on any atom is -0.397 e. The van der Waals surface area contributed by atoms with E-state index in [1.165, 1.54) is 0 Å². The Kier molecular flexibility index (Phi) is 5.85. The van der Waals surface area contributed by atoms with E-state index in [1.807, 2.05) is 0 Å². The number of carbonyl (C=O) groups excluding carboxylic acids is 1. The number of aliphatic hydroxyl groups excluding tert-OH is 1. The number of hydrogen-bond donors (Lipinski definition) is 3. The molecule has 1 aromatic rings. The van der Waals surface area contributed by atoms with E-state index in [0.29, 0.717) is 16.4 Å². The molecule has 0 spiro atoms. The number of nitrogens with two attached hydrogens (primary N) is 1. The van der Waals surface area contributed by atoms with Crippen LogP contribution < -0.4 is 11.1 Å². The fourth-order valence-electron chi connectivity index (χ4n) is 2.67. The maximum Gasteiger partial charge on any atom is 0.238 e. The minimum absolute atomic E-state index is 0.0702. The molecule has 6 heteroatoms. The van der Waals surface area contributed by atoms with Crippen molar-refractivity contribution in [3.8, 4) is 0 Å². The lowest BCUT2D eigenvalue weighted by Crippen LogP contribution is -2.42. The van der Waals surface area contributed by atoms with E-state index < -0.39 is 0 Å². The van der Waals surface area contributed by atoms with Crippen molar-refractivity contribution in [2.45, 2.75) is 31.7 Å². The van der Waals surface area contributed by atoms with Crippen LogP contribution in [0.25, 0.3) is 0 Å². The molecular weight excluding hydrogens is 290 g/mol. The summed E-state index contributed by atoms with van der Waals surface area (Å²) in [4.78, 5) is 14.2. The van der Waals surface area contributed by atoms with Gasteiger partial charge >= 0.3 is 0 Å². The van der Waals surface area contributed by atoms with Crippen molar-refractivity contribution in [2.75, 3.05) is 30.7 Å². The number of nitrogen functional groups attached to an aromatic ring is 1. The van der Waals surface area contributed by atoms with Crippen LogP contribution >= 0.6 is 11.6 Å². The van der Waals surface area contributed by atoms with E-state index in [4.69, 9.17) is 17.3 Å². The van der Waals surface area contributed by atoms with Gasteiger partial charge in [-0.3, -0.25) is 9.69 Å². The van der Waals surface area contributed by atoms with E-state index in [2.05, 4.69) is 10.2 Å². The Labute approximate surface area is 130 Å². The van der Waals surface area contributed by atoms with Gasteiger partial charge in [-0.15, -0.1) is 0 Å². The number of aliphatic hydroxyl groups is 1. The van der Waals surface area contributed by atoms with Crippen LogP contribution in [0.4, 0.5) is 11.4 Å². The molecular formula is C15H22ClN3O2. The molecule has 0 saturated carbocycles. The third-order valence-electron chi connectivity index (χ3n) is 3.84. The van der Waals surface area contributed by atoms with Crippen molar-refractivity contribution in [1.82, 2.24) is 4.90 Å². The van der Waals surface area contributed by atoms with Crippen molar-refractivity contribution >= 4 is 28.9 Å². The summed E-state index contributed by atoms with van der Waals surface area (Å²) in [5.74, 6) is -0.121. The molecule has 1 aliphatic rings. The van der Waals surface area contributed by atoms with Gasteiger partial charge in [0.15, 0.2) is 0 Å². The molecule has 21 heavy (non-hydrogen) atoms. The van der Waals surface area contributed by atoms with Crippen LogP contribution in [0.15, 0.2) is 18.2 Å². The van der Waals surface area contributed by atoms with Crippen molar-refractivity contribution in [3.05, 3.63) is 23.2 Å². The Balaban J connectivity index is 1.96. The lowest BCUT2D eigenvalue weighted by molar-refractivity contribution is -0.118. The van der Waals surface area contributed by atoms with Gasteiger partial charge in [0.05, 0.1) is 24.5 Å². The smallest absolute Gasteiger partial charge is 0.238 e. The first-order chi connectivity index (χ1) is 10.1. The number of anilines is 2. The lowest BCUT2D eigenvalue weighted by Gasteiger charge is -2.27. The first-order valence-electron chi connectivity index (χ1n) is 7.30. The van der Waals surface area contributed by atoms with E-state index in [9.17, 15) is 9.90 Å². The topological polar surface area (TPSA) is 78.6 Å². The molecule has 1 unspecified atom stereocenters. The molecule has 5 nitrogen and oxygen atoms in total. The average molecular weight is 312 g/mol. The van der Waals surface area contributed by atoms with Crippen LogP contribution in [0.5, 0.6) is 0 Å². The molecule has 1 saturated heterocycles. The van der Waals surface area contributed by atoms with Gasteiger partial charge in [-0.1, -0.05) is 24.4 Å². The first-order valence-corrected chi connectivity index (χ1v) is 7.67. The van der Waals surface area contributed by atoms with Gasteiger partial charge in [0.1, 0.15) is 0 Å². The number of rotatable bonds is 4. The summed E-state index contributed by atoms with van der Waals surface area (Å²) >= 11 is 5.84. The summed E-state index contributed by atoms with van der Waals surface area (Å²) in [6, 6.07) is 5.07. The Morgan fingerprint density at radius 3 is 2.95 bits per heavy atom. The van der Waals surface area contributed by atoms with Gasteiger partial charge in [0.25, 0.3) is 0 Å². The monoisotopic (exact) mass is 311 g/mol. The maximum atomic E-state index is 12.2. The van der Waals surface area contributed by atoms with E-state index in [1.54, 1.807) is 18.2 Å². The Morgan fingerprint density at radius 2 is 2.24 bits per heavy atom. The summed E-state index contributed by atoms with van der Waals surface area (Å²) in [7, 11) is 0. The number of nitrogens with zero attached hydrogens (tertiary/aromatic N) is 1. The third kappa shape index (κ3) is 4.59. The number of benzene rings is 1. The Hall–Kier alpha value is -1.30. The zero-order valence-corrected chi connectivity index (χ0v) is 12.8. The molecule has 1 heterocycles. The van der Waals surface area contributed by atoms with Crippen LogP contribution in [0, 0.1) is 0 Å². The van der Waals surface area contributed by atoms with Crippen LogP contribution in [0.3, 0.4) is 0 Å². The van der Waals surface area contributed by atoms with Crippen LogP contribution in [-0.2, 0) is 4.79 Å². The summed E-state index contributed by atoms with van der Waals surface area (Å²) in [5.41, 5.74) is 6.85. The highest BCUT2D eigenvalue weighted by atomic mass is 35.5. The highest BCUT2D eigenvalue weighted by molar-refractivity contribution is 6.31. The third-order valence-corrected chi connectivity index (χ3v) is 4.08. The number of halogens is 1. The van der Waals surface area contributed by atoms with Crippen molar-refractivity contribution < 1.29 is 9.90 Å². The Morgan fingerprint density at radius 1 is 1.43 bits per heavy atom. The van der Waals surface area contributed by atoms with E-state index >= 15 is 0 Å². The zero-order valence-electron chi connectivity index (χ0n) is 12.0. The molecule has 4 N–H and O–H groups in total. The first kappa shape index (κ1) is 16.1. The summed E-state index contributed by atoms with van der Waals surface area (Å²) in [5, 5.41) is 12.8. The van der Waals surface area contributed by atoms with Crippen LogP contribution in [0.1, 0.15) is 25.7 Å². The molecule has 116 valence electrons. The van der Waals surface area contributed by atoms with Crippen molar-refractivity contribution in [1.29, 1.82) is 0 Å². The van der Waals surface area contributed by atoms with Crippen molar-refractivity contribution in [2.24, 2.45) is 0 Å². The van der Waals surface area contributed by atoms with Crippen molar-refractivity contribution in [3.63, 3.8) is 0 Å². The van der Waals surface area contributed by atoms with Gasteiger partial charge < -0.3 is 16.2 Å². The number of amides is 1. The SMILES string of the molecule is Nc1cc(Cl)ccc1NC(=O)CN1CCCCCC1CO. The van der Waals surface area contributed by atoms with Gasteiger partial charge in [0, 0.05) is 11.1 Å². The number of nitrogens with one attached hydrogen (secondary N) is 1. The molecule has 1 amide bonds. The zero-order chi connectivity index (χ0) is 15.2. The summed E-state index contributed by atoms with van der Waals surface area (Å²) in [6.07, 6.45) is 4.26. The molecule has 0 aromatic heterocycles. The number of carbonyl (C=O) groups is 1. The minimum atomic E-state index is -0.121. The molecule has 1 atom stereocenters. The highest BCUT2D eigenvalue weighted by Gasteiger charge is 2.22. The van der Waals surface area contributed by atoms with E-state index in [-0.39, 0.29) is 25.1 Å². The number of likely N-dealkylation sites (tertiary alicyclic amines) is 1.